The van der Waals surface area contributed by atoms with Crippen molar-refractivity contribution in [3.05, 3.63) is 107 Å². The molecular formula is C28H27ClN2O3SSi. The number of rotatable bonds is 7. The lowest BCUT2D eigenvalue weighted by atomic mass is 10.1. The van der Waals surface area contributed by atoms with E-state index in [1.807, 2.05) is 43.3 Å². The number of halogens is 1. The molecule has 184 valence electrons. The van der Waals surface area contributed by atoms with Gasteiger partial charge in [-0.25, -0.2) is 8.42 Å². The van der Waals surface area contributed by atoms with Crippen LogP contribution in [-0.4, -0.2) is 21.6 Å². The fourth-order valence-corrected chi connectivity index (χ4v) is 6.15. The predicted octanol–water partition coefficient (Wildman–Crippen LogP) is 7.68. The van der Waals surface area contributed by atoms with Gasteiger partial charge in [-0.15, -0.1) is 5.73 Å². The second-order valence-electron chi connectivity index (χ2n) is 9.49. The van der Waals surface area contributed by atoms with Crippen LogP contribution >= 0.6 is 11.6 Å². The summed E-state index contributed by atoms with van der Waals surface area (Å²) in [6.45, 7) is 8.36. The molecule has 0 saturated heterocycles. The summed E-state index contributed by atoms with van der Waals surface area (Å²) in [6.07, 6.45) is 1.89. The number of anilines is 1. The number of benzene rings is 3. The molecule has 5 nitrogen and oxygen atoms in total. The number of nitrogens with zero attached hydrogens (tertiary/aromatic N) is 1. The Morgan fingerprint density at radius 3 is 2.22 bits per heavy atom. The molecule has 0 fully saturated rings. The third-order valence-corrected chi connectivity index (χ3v) is 9.03. The van der Waals surface area contributed by atoms with Gasteiger partial charge in [0.1, 0.15) is 11.4 Å². The van der Waals surface area contributed by atoms with E-state index in [-0.39, 0.29) is 10.6 Å². The van der Waals surface area contributed by atoms with E-state index in [1.54, 1.807) is 48.5 Å². The van der Waals surface area contributed by atoms with Crippen molar-refractivity contribution in [1.82, 2.24) is 5.16 Å². The number of nitrogens with one attached hydrogen (secondary N) is 1. The molecular weight excluding hydrogens is 508 g/mol. The molecule has 0 radical (unpaired) electrons. The number of aryl methyl sites for hydroxylation is 1. The second-order valence-corrected chi connectivity index (χ2v) is 16.6. The Morgan fingerprint density at radius 1 is 0.972 bits per heavy atom. The maximum atomic E-state index is 13.4. The van der Waals surface area contributed by atoms with E-state index in [4.69, 9.17) is 16.1 Å². The molecule has 1 N–H and O–H groups in total. The first-order valence-corrected chi connectivity index (χ1v) is 16.8. The highest BCUT2D eigenvalue weighted by molar-refractivity contribution is 7.92. The third kappa shape index (κ3) is 5.89. The molecule has 0 amide bonds. The van der Waals surface area contributed by atoms with Gasteiger partial charge in [0.25, 0.3) is 10.0 Å². The minimum atomic E-state index is -3.92. The molecule has 0 aliphatic carbocycles. The Hall–Kier alpha value is -3.35. The van der Waals surface area contributed by atoms with Crippen molar-refractivity contribution in [2.75, 3.05) is 4.72 Å². The molecule has 0 bridgehead atoms. The van der Waals surface area contributed by atoms with Gasteiger partial charge in [-0.1, -0.05) is 96.6 Å². The van der Waals surface area contributed by atoms with Gasteiger partial charge >= 0.3 is 0 Å². The molecule has 8 heteroatoms. The molecule has 3 aromatic carbocycles. The zero-order chi connectivity index (χ0) is 25.9. The molecule has 0 aliphatic rings. The lowest BCUT2D eigenvalue weighted by Gasteiger charge is -2.18. The Morgan fingerprint density at radius 2 is 1.61 bits per heavy atom. The van der Waals surface area contributed by atoms with Crippen molar-refractivity contribution in [3.63, 3.8) is 0 Å². The largest absolute Gasteiger partial charge is 0.353 e. The van der Waals surface area contributed by atoms with E-state index < -0.39 is 18.1 Å². The zero-order valence-electron chi connectivity index (χ0n) is 20.5. The maximum absolute atomic E-state index is 13.4. The second kappa shape index (κ2) is 10.3. The monoisotopic (exact) mass is 534 g/mol. The summed E-state index contributed by atoms with van der Waals surface area (Å²) in [5.74, 6) is 0.363. The summed E-state index contributed by atoms with van der Waals surface area (Å²) in [5, 5.41) is 5.67. The number of aromatic nitrogens is 1. The summed E-state index contributed by atoms with van der Waals surface area (Å²) in [6, 6.07) is 23.5. The number of hydrogen-bond donors (Lipinski definition) is 1. The summed E-state index contributed by atoms with van der Waals surface area (Å²) in [4.78, 5) is 0.153. The smallest absolute Gasteiger partial charge is 0.262 e. The van der Waals surface area contributed by atoms with Gasteiger partial charge in [-0.2, -0.15) is 0 Å². The van der Waals surface area contributed by atoms with Crippen LogP contribution in [0.3, 0.4) is 0 Å². The standard InChI is InChI=1S/C28H27ClN2O3SSi/c1-20-10-17-24(18-11-20)35(32,33)31-27-26(22-13-15-23(29)16-14-22)30-34-28(27)25(36(2,3)4)19-12-21-8-6-5-7-9-21/h5-18,31H,1-4H3. The van der Waals surface area contributed by atoms with Crippen molar-refractivity contribution in [2.24, 2.45) is 0 Å². The van der Waals surface area contributed by atoms with E-state index in [9.17, 15) is 8.42 Å². The van der Waals surface area contributed by atoms with E-state index >= 15 is 0 Å². The van der Waals surface area contributed by atoms with E-state index in [0.717, 1.165) is 16.3 Å². The molecule has 0 saturated carbocycles. The average molecular weight is 535 g/mol. The highest BCUT2D eigenvalue weighted by atomic mass is 35.5. The van der Waals surface area contributed by atoms with Crippen LogP contribution in [0.25, 0.3) is 22.5 Å². The third-order valence-electron chi connectivity index (χ3n) is 5.54. The van der Waals surface area contributed by atoms with Gasteiger partial charge < -0.3 is 4.52 Å². The topological polar surface area (TPSA) is 72.2 Å². The fourth-order valence-electron chi connectivity index (χ4n) is 3.60. The Balaban J connectivity index is 1.92. The Kier molecular flexibility index (Phi) is 7.38. The quantitative estimate of drug-likeness (QED) is 0.195. The van der Waals surface area contributed by atoms with E-state index in [1.165, 1.54) is 0 Å². The molecule has 36 heavy (non-hydrogen) atoms. The normalized spacial score (nSPS) is 11.6. The van der Waals surface area contributed by atoms with Crippen molar-refractivity contribution in [1.29, 1.82) is 0 Å². The van der Waals surface area contributed by atoms with Gasteiger partial charge in [0, 0.05) is 15.8 Å². The lowest BCUT2D eigenvalue weighted by Crippen LogP contribution is -2.23. The van der Waals surface area contributed by atoms with E-state index in [0.29, 0.717) is 22.0 Å². The zero-order valence-corrected chi connectivity index (χ0v) is 23.1. The molecule has 0 aliphatic heterocycles. The van der Waals surface area contributed by atoms with Crippen LogP contribution in [0.5, 0.6) is 0 Å². The molecule has 4 rings (SSSR count). The first kappa shape index (κ1) is 25.7. The summed E-state index contributed by atoms with van der Waals surface area (Å²) in [5.41, 5.74) is 6.70. The molecule has 4 aromatic rings. The van der Waals surface area contributed by atoms with Crippen LogP contribution in [0.2, 0.25) is 24.7 Å². The summed E-state index contributed by atoms with van der Waals surface area (Å²) in [7, 11) is -6.01. The maximum Gasteiger partial charge on any atom is 0.262 e. The Labute approximate surface area is 218 Å². The fraction of sp³-hybridized carbons (Fsp3) is 0.143. The first-order chi connectivity index (χ1) is 17.0. The van der Waals surface area contributed by atoms with Crippen LogP contribution in [-0.2, 0) is 10.0 Å². The molecule has 0 atom stereocenters. The Bertz CT molecular complexity index is 1530. The van der Waals surface area contributed by atoms with Gasteiger partial charge in [0.2, 0.25) is 0 Å². The van der Waals surface area contributed by atoms with Gasteiger partial charge in [-0.05, 0) is 42.8 Å². The van der Waals surface area contributed by atoms with Crippen LogP contribution in [0.15, 0.2) is 94.0 Å². The molecule has 0 unspecified atom stereocenters. The van der Waals surface area contributed by atoms with E-state index in [2.05, 4.69) is 35.3 Å². The average Bonchev–Trinajstić information content (AvgIpc) is 3.22. The minimum Gasteiger partial charge on any atom is -0.353 e. The van der Waals surface area contributed by atoms with Crippen LogP contribution in [0, 0.1) is 6.92 Å². The summed E-state index contributed by atoms with van der Waals surface area (Å²) >= 11 is 6.09. The van der Waals surface area contributed by atoms with Gasteiger partial charge in [0.05, 0.1) is 13.0 Å². The van der Waals surface area contributed by atoms with Crippen molar-refractivity contribution in [3.8, 4) is 11.3 Å². The molecule has 0 spiro atoms. The highest BCUT2D eigenvalue weighted by Crippen LogP contribution is 2.39. The number of hydrogen-bond acceptors (Lipinski definition) is 4. The molecule has 1 heterocycles. The van der Waals surface area contributed by atoms with Crippen molar-refractivity contribution >= 4 is 46.7 Å². The SMILES string of the molecule is Cc1ccc(S(=O)(=O)Nc2c(-c3ccc(Cl)cc3)noc2C(=C=Cc2ccccc2)[Si](C)(C)C)cc1. The molecule has 1 aromatic heterocycles. The van der Waals surface area contributed by atoms with Gasteiger partial charge in [0.15, 0.2) is 5.76 Å². The predicted molar refractivity (Wildman–Crippen MR) is 150 cm³/mol. The van der Waals surface area contributed by atoms with Crippen molar-refractivity contribution in [2.45, 2.75) is 31.5 Å². The highest BCUT2D eigenvalue weighted by Gasteiger charge is 2.31. The minimum absolute atomic E-state index is 0.153. The summed E-state index contributed by atoms with van der Waals surface area (Å²) < 4.78 is 35.5. The lowest BCUT2D eigenvalue weighted by molar-refractivity contribution is 0.414. The number of sulfonamides is 1. The van der Waals surface area contributed by atoms with Gasteiger partial charge in [-0.3, -0.25) is 4.72 Å². The first-order valence-electron chi connectivity index (χ1n) is 11.4. The van der Waals surface area contributed by atoms with Crippen LogP contribution in [0.1, 0.15) is 16.9 Å². The van der Waals surface area contributed by atoms with Crippen LogP contribution < -0.4 is 4.72 Å². The van der Waals surface area contributed by atoms with Crippen LogP contribution in [0.4, 0.5) is 5.69 Å². The van der Waals surface area contributed by atoms with Crippen molar-refractivity contribution < 1.29 is 12.9 Å².